The fourth-order valence-electron chi connectivity index (χ4n) is 2.10. The zero-order chi connectivity index (χ0) is 16.4. The molecule has 0 saturated heterocycles. The van der Waals surface area contributed by atoms with Gasteiger partial charge in [0.1, 0.15) is 5.52 Å². The van der Waals surface area contributed by atoms with E-state index in [0.717, 1.165) is 5.52 Å². The molecule has 3 rings (SSSR count). The molecule has 0 aliphatic heterocycles. The second-order valence-corrected chi connectivity index (χ2v) is 5.02. The Morgan fingerprint density at radius 2 is 2.00 bits per heavy atom. The number of amides is 1. The molecule has 0 saturated carbocycles. The van der Waals surface area contributed by atoms with Crippen LogP contribution in [-0.2, 0) is 0 Å². The van der Waals surface area contributed by atoms with Crippen molar-refractivity contribution in [3.63, 3.8) is 0 Å². The lowest BCUT2D eigenvalue weighted by Gasteiger charge is -2.12. The summed E-state index contributed by atoms with van der Waals surface area (Å²) in [6, 6.07) is 3.53. The molecule has 114 valence electrons. The van der Waals surface area contributed by atoms with Gasteiger partial charge < -0.3 is 15.2 Å². The molecule has 0 fully saturated rings. The van der Waals surface area contributed by atoms with Crippen molar-refractivity contribution in [1.29, 1.82) is 0 Å². The molecule has 23 heavy (non-hydrogen) atoms. The van der Waals surface area contributed by atoms with E-state index >= 15 is 0 Å². The molecule has 0 radical (unpaired) electrons. The Labute approximate surface area is 132 Å². The van der Waals surface area contributed by atoms with E-state index in [1.165, 1.54) is 17.3 Å². The Kier molecular flexibility index (Phi) is 3.60. The van der Waals surface area contributed by atoms with Gasteiger partial charge in [-0.15, -0.1) is 0 Å². The Hall–Kier alpha value is -3.47. The molecule has 8 nitrogen and oxygen atoms in total. The van der Waals surface area contributed by atoms with E-state index in [4.69, 9.17) is 6.57 Å². The smallest absolute Gasteiger partial charge is 0.255 e. The average molecular weight is 307 g/mol. The van der Waals surface area contributed by atoms with Crippen LogP contribution in [0, 0.1) is 6.57 Å². The minimum absolute atomic E-state index is 0.143. The van der Waals surface area contributed by atoms with Crippen molar-refractivity contribution < 1.29 is 4.79 Å². The van der Waals surface area contributed by atoms with E-state index < -0.39 is 0 Å². The summed E-state index contributed by atoms with van der Waals surface area (Å²) < 4.78 is 0. The standard InChI is InChI=1S/C15H13N7O/c1-16-10-6-17-15(18-7-10)21-9-4-11(14(23)22(2)3)13-12(5-9)19-8-20-13/h4-8H,2-3H3,(H,19,20)(H,17,18,21). The number of nitrogens with one attached hydrogen (secondary N) is 2. The number of carbonyl (C=O) groups excluding carboxylic acids is 1. The van der Waals surface area contributed by atoms with E-state index in [1.54, 1.807) is 26.5 Å². The molecule has 0 bridgehead atoms. The van der Waals surface area contributed by atoms with Gasteiger partial charge in [-0.05, 0) is 12.1 Å². The van der Waals surface area contributed by atoms with Crippen LogP contribution >= 0.6 is 0 Å². The summed E-state index contributed by atoms with van der Waals surface area (Å²) in [5.41, 5.74) is 2.84. The van der Waals surface area contributed by atoms with Gasteiger partial charge in [-0.2, -0.15) is 0 Å². The number of H-pyrrole nitrogens is 1. The minimum Gasteiger partial charge on any atom is -0.345 e. The van der Waals surface area contributed by atoms with Crippen molar-refractivity contribution in [3.05, 3.63) is 47.8 Å². The van der Waals surface area contributed by atoms with Gasteiger partial charge in [0.25, 0.3) is 5.91 Å². The van der Waals surface area contributed by atoms with Gasteiger partial charge in [0.05, 0.1) is 24.0 Å². The quantitative estimate of drug-likeness (QED) is 0.725. The third kappa shape index (κ3) is 2.80. The molecule has 0 atom stereocenters. The number of anilines is 2. The van der Waals surface area contributed by atoms with Crippen molar-refractivity contribution in [2.24, 2.45) is 0 Å². The summed E-state index contributed by atoms with van der Waals surface area (Å²) >= 11 is 0. The van der Waals surface area contributed by atoms with Crippen LogP contribution in [0.3, 0.4) is 0 Å². The van der Waals surface area contributed by atoms with Gasteiger partial charge in [0, 0.05) is 32.2 Å². The first-order valence-electron chi connectivity index (χ1n) is 6.74. The minimum atomic E-state index is -0.143. The zero-order valence-electron chi connectivity index (χ0n) is 12.5. The van der Waals surface area contributed by atoms with Gasteiger partial charge in [0.2, 0.25) is 11.6 Å². The maximum Gasteiger partial charge on any atom is 0.255 e. The van der Waals surface area contributed by atoms with Crippen molar-refractivity contribution in [3.8, 4) is 0 Å². The first kappa shape index (κ1) is 14.5. The van der Waals surface area contributed by atoms with Crippen LogP contribution in [0.15, 0.2) is 30.9 Å². The van der Waals surface area contributed by atoms with Gasteiger partial charge in [-0.1, -0.05) is 0 Å². The maximum atomic E-state index is 12.3. The highest BCUT2D eigenvalue weighted by Crippen LogP contribution is 2.24. The van der Waals surface area contributed by atoms with Crippen LogP contribution in [-0.4, -0.2) is 44.8 Å². The van der Waals surface area contributed by atoms with Crippen LogP contribution in [0.5, 0.6) is 0 Å². The van der Waals surface area contributed by atoms with Gasteiger partial charge in [-0.25, -0.2) is 19.8 Å². The summed E-state index contributed by atoms with van der Waals surface area (Å²) in [4.78, 5) is 32.4. The molecule has 8 heteroatoms. The molecule has 0 spiro atoms. The van der Waals surface area contributed by atoms with E-state index in [-0.39, 0.29) is 5.91 Å². The van der Waals surface area contributed by atoms with Crippen LogP contribution < -0.4 is 5.32 Å². The first-order valence-corrected chi connectivity index (χ1v) is 6.74. The molecule has 2 N–H and O–H groups in total. The number of fused-ring (bicyclic) bond motifs is 1. The van der Waals surface area contributed by atoms with Crippen molar-refractivity contribution in [2.75, 3.05) is 19.4 Å². The largest absolute Gasteiger partial charge is 0.345 e. The lowest BCUT2D eigenvalue weighted by Crippen LogP contribution is -2.22. The van der Waals surface area contributed by atoms with Gasteiger partial charge >= 0.3 is 0 Å². The van der Waals surface area contributed by atoms with Gasteiger partial charge in [0.15, 0.2) is 0 Å². The number of nitrogens with zero attached hydrogens (tertiary/aromatic N) is 5. The van der Waals surface area contributed by atoms with Gasteiger partial charge in [-0.3, -0.25) is 4.79 Å². The summed E-state index contributed by atoms with van der Waals surface area (Å²) in [5, 5.41) is 3.03. The third-order valence-corrected chi connectivity index (χ3v) is 3.18. The summed E-state index contributed by atoms with van der Waals surface area (Å²) in [5.74, 6) is 0.203. The van der Waals surface area contributed by atoms with Crippen LogP contribution in [0.25, 0.3) is 15.9 Å². The topological polar surface area (TPSA) is 91.2 Å². The first-order chi connectivity index (χ1) is 11.1. The summed E-state index contributed by atoms with van der Waals surface area (Å²) in [7, 11) is 3.38. The number of rotatable bonds is 3. The van der Waals surface area contributed by atoms with Crippen molar-refractivity contribution >= 4 is 34.3 Å². The van der Waals surface area contributed by atoms with Crippen LogP contribution in [0.1, 0.15) is 10.4 Å². The number of carbonyl (C=O) groups is 1. The second kappa shape index (κ2) is 5.73. The molecular weight excluding hydrogens is 294 g/mol. The maximum absolute atomic E-state index is 12.3. The number of aromatic amines is 1. The third-order valence-electron chi connectivity index (χ3n) is 3.18. The van der Waals surface area contributed by atoms with Crippen molar-refractivity contribution in [2.45, 2.75) is 0 Å². The van der Waals surface area contributed by atoms with Crippen LogP contribution in [0.4, 0.5) is 17.3 Å². The lowest BCUT2D eigenvalue weighted by molar-refractivity contribution is 0.0829. The number of aromatic nitrogens is 4. The Bertz CT molecular complexity index is 906. The highest BCUT2D eigenvalue weighted by atomic mass is 16.2. The molecular formula is C15H13N7O. The second-order valence-electron chi connectivity index (χ2n) is 5.02. The van der Waals surface area contributed by atoms with Crippen LogP contribution in [0.2, 0.25) is 0 Å². The molecule has 2 heterocycles. The Morgan fingerprint density at radius 1 is 1.26 bits per heavy atom. The number of hydrogen-bond acceptors (Lipinski definition) is 5. The van der Waals surface area contributed by atoms with E-state index in [2.05, 4.69) is 30.1 Å². The van der Waals surface area contributed by atoms with Crippen molar-refractivity contribution in [1.82, 2.24) is 24.8 Å². The number of hydrogen-bond donors (Lipinski definition) is 2. The van der Waals surface area contributed by atoms with E-state index in [9.17, 15) is 4.79 Å². The summed E-state index contributed by atoms with van der Waals surface area (Å²) in [6.45, 7) is 6.89. The normalized spacial score (nSPS) is 10.3. The molecule has 2 aromatic heterocycles. The predicted octanol–water partition coefficient (Wildman–Crippen LogP) is 2.35. The SMILES string of the molecule is [C-]#[N+]c1cnc(Nc2cc(C(=O)N(C)C)c3nc[nH]c3c2)nc1. The molecule has 3 aromatic rings. The number of imidazole rings is 1. The van der Waals surface area contributed by atoms with E-state index in [0.29, 0.717) is 28.4 Å². The fourth-order valence-corrected chi connectivity index (χ4v) is 2.10. The molecule has 1 amide bonds. The molecule has 0 aliphatic carbocycles. The van der Waals surface area contributed by atoms with E-state index in [1.807, 2.05) is 6.07 Å². The zero-order valence-corrected chi connectivity index (χ0v) is 12.5. The highest BCUT2D eigenvalue weighted by molar-refractivity contribution is 6.06. The Balaban J connectivity index is 2.00. The monoisotopic (exact) mass is 307 g/mol. The lowest BCUT2D eigenvalue weighted by atomic mass is 10.1. The molecule has 1 aromatic carbocycles. The Morgan fingerprint density at radius 3 is 2.65 bits per heavy atom. The molecule has 0 unspecified atom stereocenters. The molecule has 0 aliphatic rings. The number of benzene rings is 1. The fraction of sp³-hybridized carbons (Fsp3) is 0.133. The predicted molar refractivity (Wildman–Crippen MR) is 85.7 cm³/mol. The average Bonchev–Trinajstić information content (AvgIpc) is 3.02. The highest BCUT2D eigenvalue weighted by Gasteiger charge is 2.16. The summed E-state index contributed by atoms with van der Waals surface area (Å²) in [6.07, 6.45) is 4.41.